The number of nitrogens with two attached hydrogens (primary N) is 5. The number of carbonyl (C=O) groups is 2. The summed E-state index contributed by atoms with van der Waals surface area (Å²) in [5, 5.41) is 14.9. The Bertz CT molecular complexity index is 767. The summed E-state index contributed by atoms with van der Waals surface area (Å²) in [5.74, 6) is -0.706. The van der Waals surface area contributed by atoms with Gasteiger partial charge in [0.15, 0.2) is 0 Å². The molecule has 0 aromatic rings. The summed E-state index contributed by atoms with van der Waals surface area (Å²) in [6.45, 7) is 2.23. The third-order valence-corrected chi connectivity index (χ3v) is 5.24. The van der Waals surface area contributed by atoms with E-state index in [1.54, 1.807) is 0 Å². The number of phosphoric ester groups is 1. The van der Waals surface area contributed by atoms with Crippen LogP contribution < -0.4 is 10.6 Å². The predicted octanol–water partition coefficient (Wildman–Crippen LogP) is 0.0624. The van der Waals surface area contributed by atoms with Crippen LogP contribution in [0.3, 0.4) is 0 Å². The molecule has 0 aliphatic carbocycles. The van der Waals surface area contributed by atoms with Crippen LogP contribution in [0, 0.1) is 446 Å². The fourth-order valence-electron chi connectivity index (χ4n) is 1.52. The molecule has 0 saturated carbocycles. The monoisotopic (exact) mass is 2920 g/mol. The number of hydrogen-bond acceptors (Lipinski definition) is 9. The van der Waals surface area contributed by atoms with Crippen LogP contribution in [0.1, 0.15) is 20.3 Å². The van der Waals surface area contributed by atoms with E-state index in [-0.39, 0.29) is 501 Å². The Kier molecular flexibility index (Phi) is 181. The molecule has 0 aromatic heterocycles. The van der Waals surface area contributed by atoms with Crippen molar-refractivity contribution in [3.05, 3.63) is 30.8 Å². The van der Waals surface area contributed by atoms with Gasteiger partial charge in [0.25, 0.3) is 0 Å². The van der Waals surface area contributed by atoms with Gasteiger partial charge < -0.3 is 86.8 Å². The van der Waals surface area contributed by atoms with Crippen LogP contribution in [0.25, 0.3) is 30.8 Å². The van der Waals surface area contributed by atoms with Gasteiger partial charge in [0.2, 0.25) is 11.8 Å². The van der Waals surface area contributed by atoms with Crippen molar-refractivity contribution in [1.29, 1.82) is 0 Å². The van der Waals surface area contributed by atoms with Crippen LogP contribution in [0.5, 0.6) is 0 Å². The molecule has 24 N–H and O–H groups in total. The van der Waals surface area contributed by atoms with Crippen molar-refractivity contribution in [2.45, 2.75) is 26.4 Å². The molecule has 0 bridgehead atoms. The van der Waals surface area contributed by atoms with Crippen LogP contribution in [0.2, 0.25) is 0 Å². The van der Waals surface area contributed by atoms with Gasteiger partial charge in [-0.25, -0.2) is 13.7 Å². The molecule has 0 rings (SSSR count). The van der Waals surface area contributed by atoms with E-state index in [1.807, 2.05) is 0 Å². The number of aliphatic hydroxyl groups is 1. The molecule has 0 aliphatic heterocycles. The van der Waals surface area contributed by atoms with Crippen LogP contribution in [0.4, 0.5) is 0 Å². The Morgan fingerprint density at radius 3 is 1.31 bits per heavy atom. The van der Waals surface area contributed by atoms with Crippen molar-refractivity contribution >= 4 is 47.9 Å². The molecule has 10 radical (unpaired) electrons. The van der Waals surface area contributed by atoms with E-state index in [2.05, 4.69) is 32.1 Å². The maximum atomic E-state index is 11.9. The van der Waals surface area contributed by atoms with Gasteiger partial charge in [-0.15, -0.1) is 0 Å². The van der Waals surface area contributed by atoms with Crippen molar-refractivity contribution in [2.75, 3.05) is 25.4 Å². The van der Waals surface area contributed by atoms with Crippen molar-refractivity contribution < 1.29 is 518 Å². The summed E-state index contributed by atoms with van der Waals surface area (Å²) < 4.78 is 38.9. The predicted molar refractivity (Wildman–Crippen MR) is 142 cm³/mol. The largest absolute Gasteiger partial charge is 0.693 e. The standard InChI is InChI=1S/C11H24N2O10P2S.10Ac.5H2N.H3O4P.2H2O/c1-11(2,7-22-25(20,21)23-24(17,18)19)9(15)10(16)13-4-3-8(14)12-5-6-26;;;;;;;;;;;;;;;;1-5(2,3)4;;/h9,15,26H,3-7H2,1-2H3,(H,12,14)(H,13,16)(H,20,21)(H2,17,18,19);;;;;;;;;;;5*1H2;(H3,1,2,3,4);2*1H2/q;;;;;;;;;;;5*-1;;;/p+1. The van der Waals surface area contributed by atoms with Gasteiger partial charge in [0, 0.05) is 471 Å². The Balaban J connectivity index is -0.0000000210. The first kappa shape index (κ1) is 125. The Labute approximate surface area is 645 Å². The number of rotatable bonds is 12. The summed E-state index contributed by atoms with van der Waals surface area (Å²) in [7, 11) is -15.0. The Hall–Kier alpha value is 13.8. The number of carbonyl (C=O) groups excluding carboxylic acids is 2. The molecule has 0 aromatic carbocycles. The molecule has 0 saturated heterocycles. The number of aliphatic hydroxyl groups excluding tert-OH is 1. The molecule has 2 atom stereocenters. The topological polar surface area (TPSA) is 501 Å². The normalized spacial score (nSPS) is 9.79. The Morgan fingerprint density at radius 2 is 1.04 bits per heavy atom. The number of phosphoric acid groups is 3. The first-order valence-corrected chi connectivity index (χ1v) is 13.3. The fourth-order valence-corrected chi connectivity index (χ4v) is 3.39. The van der Waals surface area contributed by atoms with E-state index in [9.17, 15) is 28.7 Å². The SMILES string of the molecule is CC(C)(COP(=O)(O)OP(=O)(O)O)C(O)C(=O)NCCC(=O)NCCS.O.O=P(O)(O)O.[Ac].[Ac].[Ac].[Ac].[Ac].[Ac].[Ac].[Ac].[Ac].[Ac].[NH2-].[NH2-].[NH2-].[NH2-].[NH2-].[OH3+]. The van der Waals surface area contributed by atoms with Crippen LogP contribution in [0.15, 0.2) is 0 Å². The van der Waals surface area contributed by atoms with Gasteiger partial charge in [-0.3, -0.25) is 14.1 Å². The minimum absolute atomic E-state index is 0. The van der Waals surface area contributed by atoms with Gasteiger partial charge in [-0.1, -0.05) is 13.8 Å². The second-order valence-electron chi connectivity index (χ2n) is 6.33. The molecule has 0 fully saturated rings. The summed E-state index contributed by atoms with van der Waals surface area (Å²) in [6.07, 6.45) is -1.72. The summed E-state index contributed by atoms with van der Waals surface area (Å²) in [4.78, 5) is 71.0. The smallest absolute Gasteiger partial charge is 0.481 e. The number of nitrogens with one attached hydrogen (secondary N) is 2. The number of hydrogen-bond donors (Lipinski definition) is 10. The third-order valence-electron chi connectivity index (χ3n) is 2.88. The second kappa shape index (κ2) is 69.8. The zero-order valence-corrected chi connectivity index (χ0v) is 77.2. The van der Waals surface area contributed by atoms with Crippen molar-refractivity contribution in [3.8, 4) is 0 Å². The zero-order chi connectivity index (χ0) is 25.1. The minimum atomic E-state index is -5.27. The molecule has 0 spiro atoms. The van der Waals surface area contributed by atoms with Crippen molar-refractivity contribution in [1.82, 2.24) is 10.6 Å². The summed E-state index contributed by atoms with van der Waals surface area (Å²) >= 11 is 3.92. The third kappa shape index (κ3) is 94.4. The maximum absolute atomic E-state index is 11.9. The first-order valence-electron chi connectivity index (χ1n) is 8.06. The fraction of sp³-hybridized carbons (Fsp3) is 0.818. The summed E-state index contributed by atoms with van der Waals surface area (Å²) in [6, 6.07) is 0. The van der Waals surface area contributed by atoms with Gasteiger partial charge in [0.05, 0.1) is 6.61 Å². The van der Waals surface area contributed by atoms with Crippen LogP contribution in [-0.2, 0) is 37.6 Å². The Morgan fingerprint density at radius 1 is 0.729 bits per heavy atom. The number of amides is 2. The van der Waals surface area contributed by atoms with Crippen LogP contribution >= 0.6 is 36.1 Å². The summed E-state index contributed by atoms with van der Waals surface area (Å²) in [5.41, 5.74) is -1.41. The van der Waals surface area contributed by atoms with Crippen LogP contribution in [-0.4, -0.2) is 83.3 Å². The van der Waals surface area contributed by atoms with E-state index in [0.29, 0.717) is 12.3 Å². The molecule has 0 aliphatic rings. The van der Waals surface area contributed by atoms with Gasteiger partial charge >= 0.3 is 23.5 Å². The molecule has 48 heavy (non-hydrogen) atoms. The number of thiol groups is 1. The molecule has 272 valence electrons. The molecular formula is C11H42Ac10N7O16P3S-4. The van der Waals surface area contributed by atoms with E-state index < -0.39 is 47.5 Å². The second-order valence-corrected chi connectivity index (χ2v) is 10.6. The minimum Gasteiger partial charge on any atom is -0.693 e. The molecule has 0 heterocycles. The first-order chi connectivity index (χ1) is 13.7. The van der Waals surface area contributed by atoms with Gasteiger partial charge in [0.1, 0.15) is 6.10 Å². The van der Waals surface area contributed by atoms with E-state index >= 15 is 0 Å². The zero-order valence-electron chi connectivity index (χ0n) is 26.1. The van der Waals surface area contributed by atoms with E-state index in [4.69, 9.17) is 29.0 Å². The van der Waals surface area contributed by atoms with Gasteiger partial charge in [-0.2, -0.15) is 16.9 Å². The average Bonchev–Trinajstić information content (AvgIpc) is 2.54. The van der Waals surface area contributed by atoms with Crippen molar-refractivity contribution in [2.24, 2.45) is 5.41 Å². The maximum Gasteiger partial charge on any atom is 0.481 e. The molecular weight excluding hydrogens is 2880 g/mol. The quantitative estimate of drug-likeness (QED) is 0.0702. The van der Waals surface area contributed by atoms with Gasteiger partial charge in [-0.05, 0) is 0 Å². The van der Waals surface area contributed by atoms with Crippen molar-refractivity contribution in [3.63, 3.8) is 0 Å². The average molecular weight is 2920 g/mol. The molecule has 2 amide bonds. The van der Waals surface area contributed by atoms with E-state index in [0.717, 1.165) is 0 Å². The van der Waals surface area contributed by atoms with E-state index in [1.165, 1.54) is 13.8 Å². The molecule has 37 heteroatoms. The molecule has 2 unspecified atom stereocenters. The molecule has 23 nitrogen and oxygen atoms in total.